The fraction of sp³-hybridized carbons (Fsp3) is 0.684. The summed E-state index contributed by atoms with van der Waals surface area (Å²) in [4.78, 5) is 5.46. The van der Waals surface area contributed by atoms with Crippen LogP contribution in [0.1, 0.15) is 45.6 Å². The van der Waals surface area contributed by atoms with Crippen LogP contribution in [-0.4, -0.2) is 36.6 Å². The maximum absolute atomic E-state index is 2.76. The molecule has 0 spiro atoms. The standard InChI is InChI=1S/C19H30N2/c1-4-16-8-7-10-17(12-16)21-13-18-9-5-6-11-20(18)14-19(21)15(2)3/h7-8,10,12,15,18-19H,4-6,9,11,13-14H2,1-3H3. The molecule has 0 bridgehead atoms. The zero-order chi connectivity index (χ0) is 14.8. The van der Waals surface area contributed by atoms with E-state index < -0.39 is 0 Å². The molecule has 116 valence electrons. The highest BCUT2D eigenvalue weighted by molar-refractivity contribution is 5.50. The number of piperidine rings is 1. The van der Waals surface area contributed by atoms with Gasteiger partial charge in [-0.3, -0.25) is 4.90 Å². The fourth-order valence-electron chi connectivity index (χ4n) is 4.03. The molecule has 2 heterocycles. The van der Waals surface area contributed by atoms with Gasteiger partial charge in [0.25, 0.3) is 0 Å². The second-order valence-corrected chi connectivity index (χ2v) is 7.13. The van der Waals surface area contributed by atoms with Gasteiger partial charge in [-0.25, -0.2) is 0 Å². The molecule has 3 rings (SSSR count). The molecule has 0 radical (unpaired) electrons. The molecule has 2 aliphatic rings. The zero-order valence-electron chi connectivity index (χ0n) is 13.9. The van der Waals surface area contributed by atoms with Crippen LogP contribution in [0.5, 0.6) is 0 Å². The zero-order valence-corrected chi connectivity index (χ0v) is 13.9. The Morgan fingerprint density at radius 3 is 2.81 bits per heavy atom. The van der Waals surface area contributed by atoms with Crippen LogP contribution in [0.2, 0.25) is 0 Å². The molecule has 0 aromatic heterocycles. The molecule has 2 fully saturated rings. The first-order valence-electron chi connectivity index (χ1n) is 8.78. The summed E-state index contributed by atoms with van der Waals surface area (Å²) < 4.78 is 0. The molecule has 0 aliphatic carbocycles. The molecule has 2 nitrogen and oxygen atoms in total. The number of piperazine rings is 1. The average molecular weight is 286 g/mol. The third-order valence-electron chi connectivity index (χ3n) is 5.40. The molecule has 0 amide bonds. The fourth-order valence-corrected chi connectivity index (χ4v) is 4.03. The average Bonchev–Trinajstić information content (AvgIpc) is 2.53. The number of rotatable bonds is 3. The lowest BCUT2D eigenvalue weighted by Crippen LogP contribution is -2.61. The summed E-state index contributed by atoms with van der Waals surface area (Å²) in [5.41, 5.74) is 2.90. The molecule has 1 aromatic rings. The molecule has 2 heteroatoms. The molecule has 2 atom stereocenters. The van der Waals surface area contributed by atoms with Crippen LogP contribution in [-0.2, 0) is 6.42 Å². The Labute approximate surface area is 130 Å². The van der Waals surface area contributed by atoms with Crippen LogP contribution < -0.4 is 4.90 Å². The Morgan fingerprint density at radius 2 is 2.05 bits per heavy atom. The van der Waals surface area contributed by atoms with Crippen molar-refractivity contribution in [2.75, 3.05) is 24.5 Å². The van der Waals surface area contributed by atoms with Gasteiger partial charge in [0.1, 0.15) is 0 Å². The van der Waals surface area contributed by atoms with Crippen molar-refractivity contribution in [2.24, 2.45) is 5.92 Å². The van der Waals surface area contributed by atoms with E-state index in [9.17, 15) is 0 Å². The van der Waals surface area contributed by atoms with Crippen molar-refractivity contribution in [1.82, 2.24) is 4.90 Å². The van der Waals surface area contributed by atoms with Crippen LogP contribution in [0.25, 0.3) is 0 Å². The summed E-state index contributed by atoms with van der Waals surface area (Å²) in [7, 11) is 0. The van der Waals surface area contributed by atoms with Crippen molar-refractivity contribution >= 4 is 5.69 Å². The Morgan fingerprint density at radius 1 is 1.19 bits per heavy atom. The van der Waals surface area contributed by atoms with E-state index in [0.29, 0.717) is 12.0 Å². The van der Waals surface area contributed by atoms with Gasteiger partial charge in [0.05, 0.1) is 0 Å². The summed E-state index contributed by atoms with van der Waals surface area (Å²) in [5, 5.41) is 0. The van der Waals surface area contributed by atoms with E-state index in [1.807, 2.05) is 0 Å². The molecule has 0 saturated carbocycles. The van der Waals surface area contributed by atoms with Gasteiger partial charge in [-0.1, -0.05) is 39.3 Å². The molecular weight excluding hydrogens is 256 g/mol. The van der Waals surface area contributed by atoms with Gasteiger partial charge in [0.15, 0.2) is 0 Å². The lowest BCUT2D eigenvalue weighted by atomic mass is 9.91. The minimum atomic E-state index is 0.659. The van der Waals surface area contributed by atoms with Crippen LogP contribution in [0.3, 0.4) is 0 Å². The predicted octanol–water partition coefficient (Wildman–Crippen LogP) is 3.95. The van der Waals surface area contributed by atoms with Crippen LogP contribution in [0.4, 0.5) is 5.69 Å². The second kappa shape index (κ2) is 6.39. The highest BCUT2D eigenvalue weighted by Gasteiger charge is 2.36. The lowest BCUT2D eigenvalue weighted by molar-refractivity contribution is 0.100. The van der Waals surface area contributed by atoms with E-state index in [1.165, 1.54) is 50.1 Å². The maximum atomic E-state index is 2.76. The number of nitrogens with zero attached hydrogens (tertiary/aromatic N) is 2. The van der Waals surface area contributed by atoms with E-state index in [-0.39, 0.29) is 0 Å². The molecule has 0 N–H and O–H groups in total. The third kappa shape index (κ3) is 3.11. The molecular formula is C19H30N2. The summed E-state index contributed by atoms with van der Waals surface area (Å²) in [6.45, 7) is 10.8. The van der Waals surface area contributed by atoms with Crippen molar-refractivity contribution in [2.45, 2.75) is 58.5 Å². The minimum Gasteiger partial charge on any atom is -0.365 e. The normalized spacial score (nSPS) is 27.0. The summed E-state index contributed by atoms with van der Waals surface area (Å²) in [6, 6.07) is 10.6. The third-order valence-corrected chi connectivity index (χ3v) is 5.40. The van der Waals surface area contributed by atoms with Gasteiger partial charge in [-0.15, -0.1) is 0 Å². The van der Waals surface area contributed by atoms with Crippen molar-refractivity contribution < 1.29 is 0 Å². The highest BCUT2D eigenvalue weighted by Crippen LogP contribution is 2.31. The van der Waals surface area contributed by atoms with E-state index in [4.69, 9.17) is 0 Å². The largest absolute Gasteiger partial charge is 0.365 e. The minimum absolute atomic E-state index is 0.659. The number of hydrogen-bond acceptors (Lipinski definition) is 2. The SMILES string of the molecule is CCc1cccc(N2CC3CCCCN3CC2C(C)C)c1. The number of fused-ring (bicyclic) bond motifs is 1. The lowest BCUT2D eigenvalue weighted by Gasteiger charge is -2.50. The molecule has 1 aromatic carbocycles. The molecule has 2 aliphatic heterocycles. The Kier molecular flexibility index (Phi) is 4.54. The van der Waals surface area contributed by atoms with Crippen molar-refractivity contribution in [3.8, 4) is 0 Å². The Hall–Kier alpha value is -1.02. The van der Waals surface area contributed by atoms with E-state index in [0.717, 1.165) is 12.5 Å². The first kappa shape index (κ1) is 14.9. The van der Waals surface area contributed by atoms with Gasteiger partial charge in [-0.2, -0.15) is 0 Å². The predicted molar refractivity (Wildman–Crippen MR) is 91.0 cm³/mol. The summed E-state index contributed by atoms with van der Waals surface area (Å²) >= 11 is 0. The van der Waals surface area contributed by atoms with Crippen LogP contribution in [0, 0.1) is 5.92 Å². The number of anilines is 1. The number of hydrogen-bond donors (Lipinski definition) is 0. The van der Waals surface area contributed by atoms with Crippen molar-refractivity contribution in [3.05, 3.63) is 29.8 Å². The summed E-state index contributed by atoms with van der Waals surface area (Å²) in [6.07, 6.45) is 5.32. The Bertz CT molecular complexity index is 468. The monoisotopic (exact) mass is 286 g/mol. The Balaban J connectivity index is 1.86. The van der Waals surface area contributed by atoms with Crippen LogP contribution >= 0.6 is 0 Å². The smallest absolute Gasteiger partial charge is 0.0440 e. The van der Waals surface area contributed by atoms with E-state index >= 15 is 0 Å². The van der Waals surface area contributed by atoms with E-state index in [2.05, 4.69) is 54.8 Å². The van der Waals surface area contributed by atoms with Gasteiger partial charge in [0, 0.05) is 30.9 Å². The van der Waals surface area contributed by atoms with Gasteiger partial charge < -0.3 is 4.90 Å². The summed E-state index contributed by atoms with van der Waals surface area (Å²) in [5.74, 6) is 0.707. The molecule has 2 unspecified atom stereocenters. The van der Waals surface area contributed by atoms with Gasteiger partial charge in [-0.05, 0) is 49.4 Å². The van der Waals surface area contributed by atoms with Crippen molar-refractivity contribution in [3.63, 3.8) is 0 Å². The first-order valence-corrected chi connectivity index (χ1v) is 8.78. The van der Waals surface area contributed by atoms with Crippen LogP contribution in [0.15, 0.2) is 24.3 Å². The number of benzene rings is 1. The first-order chi connectivity index (χ1) is 10.2. The molecule has 2 saturated heterocycles. The quantitative estimate of drug-likeness (QED) is 0.830. The van der Waals surface area contributed by atoms with Gasteiger partial charge >= 0.3 is 0 Å². The van der Waals surface area contributed by atoms with E-state index in [1.54, 1.807) is 0 Å². The second-order valence-electron chi connectivity index (χ2n) is 7.13. The molecule has 21 heavy (non-hydrogen) atoms. The van der Waals surface area contributed by atoms with Gasteiger partial charge in [0.2, 0.25) is 0 Å². The topological polar surface area (TPSA) is 6.48 Å². The number of aryl methyl sites for hydroxylation is 1. The maximum Gasteiger partial charge on any atom is 0.0440 e. The highest BCUT2D eigenvalue weighted by atomic mass is 15.3. The van der Waals surface area contributed by atoms with Crippen molar-refractivity contribution in [1.29, 1.82) is 0 Å².